The number of methoxy groups -OCH3 is 1. The molecule has 2 aromatic carbocycles. The van der Waals surface area contributed by atoms with E-state index in [2.05, 4.69) is 17.5 Å². The highest BCUT2D eigenvalue weighted by Gasteiger charge is 2.13. The number of hydrazone groups is 1. The van der Waals surface area contributed by atoms with Crippen molar-refractivity contribution in [1.82, 2.24) is 5.43 Å². The van der Waals surface area contributed by atoms with E-state index in [1.54, 1.807) is 32.4 Å². The van der Waals surface area contributed by atoms with Crippen molar-refractivity contribution < 1.29 is 19.0 Å². The lowest BCUT2D eigenvalue weighted by Crippen LogP contribution is -2.33. The van der Waals surface area contributed by atoms with Crippen molar-refractivity contribution >= 4 is 12.1 Å². The van der Waals surface area contributed by atoms with Gasteiger partial charge in [-0.05, 0) is 55.3 Å². The van der Waals surface area contributed by atoms with Crippen molar-refractivity contribution in [2.45, 2.75) is 39.2 Å². The molecule has 0 aromatic heterocycles. The molecule has 0 spiro atoms. The SMILES string of the molecule is CCCCCOc1ccc(O[C@H](C)C(=O)NN=Cc2cccc(OC)c2)cc1. The van der Waals surface area contributed by atoms with Crippen LogP contribution in [-0.4, -0.2) is 31.9 Å². The summed E-state index contributed by atoms with van der Waals surface area (Å²) in [5.74, 6) is 1.78. The zero-order valence-corrected chi connectivity index (χ0v) is 16.7. The van der Waals surface area contributed by atoms with E-state index < -0.39 is 6.10 Å². The summed E-state index contributed by atoms with van der Waals surface area (Å²) >= 11 is 0. The summed E-state index contributed by atoms with van der Waals surface area (Å²) in [6.45, 7) is 4.54. The fourth-order valence-electron chi connectivity index (χ4n) is 2.40. The Morgan fingerprint density at radius 1 is 1.11 bits per heavy atom. The first-order valence-corrected chi connectivity index (χ1v) is 9.49. The summed E-state index contributed by atoms with van der Waals surface area (Å²) in [5.41, 5.74) is 3.30. The first-order chi connectivity index (χ1) is 13.6. The van der Waals surface area contributed by atoms with Gasteiger partial charge in [-0.15, -0.1) is 0 Å². The summed E-state index contributed by atoms with van der Waals surface area (Å²) in [6.07, 6.45) is 4.24. The van der Waals surface area contributed by atoms with E-state index in [0.29, 0.717) is 12.4 Å². The van der Waals surface area contributed by atoms with Gasteiger partial charge in [0.2, 0.25) is 0 Å². The minimum atomic E-state index is -0.682. The Hall–Kier alpha value is -3.02. The van der Waals surface area contributed by atoms with Crippen molar-refractivity contribution in [1.29, 1.82) is 0 Å². The summed E-state index contributed by atoms with van der Waals surface area (Å²) in [7, 11) is 1.60. The molecule has 6 heteroatoms. The molecular formula is C22H28N2O4. The topological polar surface area (TPSA) is 69.2 Å². The summed E-state index contributed by atoms with van der Waals surface area (Å²) in [5, 5.41) is 3.96. The number of hydrogen-bond donors (Lipinski definition) is 1. The number of unbranched alkanes of at least 4 members (excludes halogenated alkanes) is 2. The van der Waals surface area contributed by atoms with E-state index in [1.165, 1.54) is 6.42 Å². The standard InChI is InChI=1S/C22H28N2O4/c1-4-5-6-14-27-19-10-12-20(13-11-19)28-17(2)22(25)24-23-16-18-8-7-9-21(15-18)26-3/h7-13,15-17H,4-6,14H2,1-3H3,(H,24,25)/t17-/m1/s1. The average Bonchev–Trinajstić information content (AvgIpc) is 2.72. The van der Waals surface area contributed by atoms with Gasteiger partial charge in [-0.1, -0.05) is 31.9 Å². The fourth-order valence-corrected chi connectivity index (χ4v) is 2.40. The Morgan fingerprint density at radius 3 is 2.57 bits per heavy atom. The van der Waals surface area contributed by atoms with Crippen LogP contribution in [0.1, 0.15) is 38.7 Å². The van der Waals surface area contributed by atoms with Gasteiger partial charge in [-0.25, -0.2) is 5.43 Å². The quantitative estimate of drug-likeness (QED) is 0.358. The molecular weight excluding hydrogens is 356 g/mol. The molecule has 0 radical (unpaired) electrons. The molecule has 150 valence electrons. The molecule has 0 saturated carbocycles. The predicted molar refractivity (Wildman–Crippen MR) is 110 cm³/mol. The van der Waals surface area contributed by atoms with Crippen molar-refractivity contribution in [3.8, 4) is 17.2 Å². The van der Waals surface area contributed by atoms with Crippen LogP contribution >= 0.6 is 0 Å². The second-order valence-electron chi connectivity index (χ2n) is 6.30. The van der Waals surface area contributed by atoms with Gasteiger partial charge in [0, 0.05) is 0 Å². The highest BCUT2D eigenvalue weighted by Crippen LogP contribution is 2.19. The van der Waals surface area contributed by atoms with Gasteiger partial charge >= 0.3 is 0 Å². The second kappa shape index (κ2) is 11.6. The second-order valence-corrected chi connectivity index (χ2v) is 6.30. The highest BCUT2D eigenvalue weighted by molar-refractivity contribution is 5.84. The maximum absolute atomic E-state index is 12.1. The smallest absolute Gasteiger partial charge is 0.280 e. The molecule has 0 heterocycles. The molecule has 0 fully saturated rings. The molecule has 1 amide bonds. The molecule has 6 nitrogen and oxygen atoms in total. The summed E-state index contributed by atoms with van der Waals surface area (Å²) in [6, 6.07) is 14.6. The van der Waals surface area contributed by atoms with Crippen LogP contribution in [0.15, 0.2) is 53.6 Å². The number of hydrogen-bond acceptors (Lipinski definition) is 5. The Bertz CT molecular complexity index is 759. The molecule has 0 aliphatic carbocycles. The van der Waals surface area contributed by atoms with Crippen LogP contribution in [0.3, 0.4) is 0 Å². The number of amides is 1. The molecule has 28 heavy (non-hydrogen) atoms. The normalized spacial score (nSPS) is 11.8. The minimum Gasteiger partial charge on any atom is -0.497 e. The first kappa shape index (κ1) is 21.3. The number of carbonyl (C=O) groups excluding carboxylic acids is 1. The first-order valence-electron chi connectivity index (χ1n) is 9.49. The fraction of sp³-hybridized carbons (Fsp3) is 0.364. The van der Waals surface area contributed by atoms with Crippen LogP contribution in [0, 0.1) is 0 Å². The molecule has 2 rings (SSSR count). The van der Waals surface area contributed by atoms with E-state index in [1.807, 2.05) is 36.4 Å². The van der Waals surface area contributed by atoms with Crippen molar-refractivity contribution in [2.24, 2.45) is 5.10 Å². The lowest BCUT2D eigenvalue weighted by molar-refractivity contribution is -0.127. The number of ether oxygens (including phenoxy) is 3. The molecule has 0 saturated heterocycles. The Kier molecular flexibility index (Phi) is 8.85. The van der Waals surface area contributed by atoms with Crippen LogP contribution in [0.4, 0.5) is 0 Å². The van der Waals surface area contributed by atoms with E-state index in [4.69, 9.17) is 14.2 Å². The van der Waals surface area contributed by atoms with Crippen molar-refractivity contribution in [3.63, 3.8) is 0 Å². The van der Waals surface area contributed by atoms with Gasteiger partial charge in [-0.2, -0.15) is 5.10 Å². The zero-order valence-electron chi connectivity index (χ0n) is 16.7. The third-order valence-corrected chi connectivity index (χ3v) is 4.00. The molecule has 0 bridgehead atoms. The van der Waals surface area contributed by atoms with E-state index >= 15 is 0 Å². The lowest BCUT2D eigenvalue weighted by Gasteiger charge is -2.13. The van der Waals surface area contributed by atoms with E-state index in [9.17, 15) is 4.79 Å². The molecule has 1 atom stereocenters. The molecule has 1 N–H and O–H groups in total. The van der Waals surface area contributed by atoms with Gasteiger partial charge in [0.05, 0.1) is 19.9 Å². The van der Waals surface area contributed by atoms with Crippen molar-refractivity contribution in [2.75, 3.05) is 13.7 Å². The number of benzene rings is 2. The van der Waals surface area contributed by atoms with E-state index in [0.717, 1.165) is 29.9 Å². The monoisotopic (exact) mass is 384 g/mol. The Morgan fingerprint density at radius 2 is 1.86 bits per heavy atom. The summed E-state index contributed by atoms with van der Waals surface area (Å²) < 4.78 is 16.5. The van der Waals surface area contributed by atoms with Gasteiger partial charge in [0.25, 0.3) is 5.91 Å². The van der Waals surface area contributed by atoms with Crippen molar-refractivity contribution in [3.05, 3.63) is 54.1 Å². The largest absolute Gasteiger partial charge is 0.497 e. The number of nitrogens with zero attached hydrogens (tertiary/aromatic N) is 1. The average molecular weight is 384 g/mol. The van der Waals surface area contributed by atoms with Crippen LogP contribution in [0.2, 0.25) is 0 Å². The van der Waals surface area contributed by atoms with Gasteiger partial charge in [0.1, 0.15) is 17.2 Å². The Labute approximate surface area is 166 Å². The van der Waals surface area contributed by atoms with Crippen LogP contribution in [0.5, 0.6) is 17.2 Å². The van der Waals surface area contributed by atoms with Gasteiger partial charge in [-0.3, -0.25) is 4.79 Å². The third-order valence-electron chi connectivity index (χ3n) is 4.00. The number of rotatable bonds is 11. The molecule has 0 aliphatic rings. The minimum absolute atomic E-state index is 0.334. The zero-order chi connectivity index (χ0) is 20.2. The van der Waals surface area contributed by atoms with Crippen LogP contribution in [0.25, 0.3) is 0 Å². The van der Waals surface area contributed by atoms with Gasteiger partial charge < -0.3 is 14.2 Å². The Balaban J connectivity index is 1.78. The highest BCUT2D eigenvalue weighted by atomic mass is 16.5. The van der Waals surface area contributed by atoms with Gasteiger partial charge in [0.15, 0.2) is 6.10 Å². The third kappa shape index (κ3) is 7.31. The predicted octanol–water partition coefficient (Wildman–Crippen LogP) is 4.18. The van der Waals surface area contributed by atoms with Crippen LogP contribution in [-0.2, 0) is 4.79 Å². The number of nitrogens with one attached hydrogen (secondary N) is 1. The summed E-state index contributed by atoms with van der Waals surface area (Å²) in [4.78, 5) is 12.1. The molecule has 0 aliphatic heterocycles. The number of carbonyl (C=O) groups is 1. The molecule has 0 unspecified atom stereocenters. The maximum Gasteiger partial charge on any atom is 0.280 e. The van der Waals surface area contributed by atoms with E-state index in [-0.39, 0.29) is 5.91 Å². The maximum atomic E-state index is 12.1. The lowest BCUT2D eigenvalue weighted by atomic mass is 10.2. The molecule has 2 aromatic rings. The van der Waals surface area contributed by atoms with Crippen LogP contribution < -0.4 is 19.6 Å².